The summed E-state index contributed by atoms with van der Waals surface area (Å²) in [6.07, 6.45) is 2.45. The molecule has 1 aliphatic heterocycles. The molecule has 1 saturated heterocycles. The summed E-state index contributed by atoms with van der Waals surface area (Å²) in [5.74, 6) is -0.399. The van der Waals surface area contributed by atoms with E-state index in [0.717, 1.165) is 32.4 Å². The van der Waals surface area contributed by atoms with Gasteiger partial charge in [-0.3, -0.25) is 9.69 Å². The number of carbonyl (C=O) groups excluding carboxylic acids is 1. The Morgan fingerprint density at radius 1 is 1.14 bits per heavy atom. The van der Waals surface area contributed by atoms with Crippen LogP contribution in [0.1, 0.15) is 29.6 Å². The number of piperidine rings is 1. The minimum absolute atomic E-state index is 0.256. The van der Waals surface area contributed by atoms with E-state index in [9.17, 15) is 4.79 Å². The highest BCUT2D eigenvalue weighted by Crippen LogP contribution is 2.34. The average Bonchev–Trinajstić information content (AvgIpc) is 2.44. The smallest absolute Gasteiger partial charge is 0.254 e. The van der Waals surface area contributed by atoms with E-state index in [1.807, 2.05) is 4.90 Å². The highest BCUT2D eigenvalue weighted by atomic mass is 35.6. The van der Waals surface area contributed by atoms with E-state index in [1.165, 1.54) is 6.07 Å². The lowest BCUT2D eigenvalue weighted by Crippen LogP contribution is -2.56. The molecule has 0 unspecified atom stereocenters. The zero-order valence-electron chi connectivity index (χ0n) is 11.6. The van der Waals surface area contributed by atoms with Crippen molar-refractivity contribution in [1.29, 1.82) is 0 Å². The fourth-order valence-corrected chi connectivity index (χ4v) is 3.50. The van der Waals surface area contributed by atoms with Crippen LogP contribution in [0.4, 0.5) is 0 Å². The van der Waals surface area contributed by atoms with Gasteiger partial charge in [0, 0.05) is 18.1 Å². The molecule has 0 aliphatic carbocycles. The summed E-state index contributed by atoms with van der Waals surface area (Å²) in [4.78, 5) is 14.4. The van der Waals surface area contributed by atoms with Crippen molar-refractivity contribution in [1.82, 2.24) is 10.2 Å². The van der Waals surface area contributed by atoms with Crippen LogP contribution in [0.2, 0.25) is 10.0 Å². The van der Waals surface area contributed by atoms with Crippen molar-refractivity contribution in [3.63, 3.8) is 0 Å². The standard InChI is InChI=1S/C14H15Cl5N2O/c15-9-4-5-10(11(16)8-9)12(22)20-13(14(17,18)19)21-6-2-1-3-7-21/h4-5,8,13H,1-3,6-7H2,(H,20,22)/t13-/m1/s1. The van der Waals surface area contributed by atoms with Gasteiger partial charge < -0.3 is 5.32 Å². The molecule has 1 atom stereocenters. The molecule has 1 amide bonds. The molecule has 0 spiro atoms. The SMILES string of the molecule is O=C(N[C@H](N1CCCCC1)C(Cl)(Cl)Cl)c1ccc(Cl)cc1Cl. The van der Waals surface area contributed by atoms with Crippen LogP contribution < -0.4 is 5.32 Å². The van der Waals surface area contributed by atoms with E-state index in [1.54, 1.807) is 12.1 Å². The van der Waals surface area contributed by atoms with Crippen LogP contribution >= 0.6 is 58.0 Å². The van der Waals surface area contributed by atoms with Crippen LogP contribution in [0.5, 0.6) is 0 Å². The minimum Gasteiger partial charge on any atom is -0.332 e. The number of alkyl halides is 3. The fourth-order valence-electron chi connectivity index (χ4n) is 2.43. The maximum Gasteiger partial charge on any atom is 0.254 e. The number of hydrogen-bond acceptors (Lipinski definition) is 2. The molecule has 1 N–H and O–H groups in total. The van der Waals surface area contributed by atoms with E-state index >= 15 is 0 Å². The first-order chi connectivity index (χ1) is 10.3. The van der Waals surface area contributed by atoms with Crippen molar-refractivity contribution in [3.05, 3.63) is 33.8 Å². The van der Waals surface area contributed by atoms with Crippen LogP contribution in [0.3, 0.4) is 0 Å². The second-order valence-electron chi connectivity index (χ2n) is 5.14. The molecule has 0 saturated carbocycles. The van der Waals surface area contributed by atoms with Gasteiger partial charge in [0.25, 0.3) is 5.91 Å². The second kappa shape index (κ2) is 7.78. The lowest BCUT2D eigenvalue weighted by atomic mass is 10.1. The summed E-state index contributed by atoms with van der Waals surface area (Å²) in [5, 5.41) is 3.48. The van der Waals surface area contributed by atoms with Crippen LogP contribution in [0.15, 0.2) is 18.2 Å². The molecule has 1 aromatic rings. The van der Waals surface area contributed by atoms with Crippen LogP contribution in [0, 0.1) is 0 Å². The van der Waals surface area contributed by atoms with Gasteiger partial charge in [-0.25, -0.2) is 0 Å². The number of benzene rings is 1. The van der Waals surface area contributed by atoms with Gasteiger partial charge >= 0.3 is 0 Å². The number of carbonyl (C=O) groups is 1. The Morgan fingerprint density at radius 2 is 1.77 bits per heavy atom. The van der Waals surface area contributed by atoms with E-state index in [4.69, 9.17) is 58.0 Å². The number of nitrogens with one attached hydrogen (secondary N) is 1. The van der Waals surface area contributed by atoms with Gasteiger partial charge in [0.15, 0.2) is 0 Å². The molecule has 0 radical (unpaired) electrons. The van der Waals surface area contributed by atoms with Crippen molar-refractivity contribution in [3.8, 4) is 0 Å². The van der Waals surface area contributed by atoms with Crippen LogP contribution in [0.25, 0.3) is 0 Å². The number of nitrogens with zero attached hydrogens (tertiary/aromatic N) is 1. The number of amides is 1. The molecule has 0 aromatic heterocycles. The monoisotopic (exact) mass is 402 g/mol. The van der Waals surface area contributed by atoms with Gasteiger partial charge in [-0.1, -0.05) is 64.4 Å². The normalized spacial score (nSPS) is 18.0. The minimum atomic E-state index is -1.63. The predicted molar refractivity (Wildman–Crippen MR) is 93.4 cm³/mol. The number of hydrogen-bond donors (Lipinski definition) is 1. The Hall–Kier alpha value is 0.1000. The third-order valence-corrected chi connectivity index (χ3v) is 4.68. The largest absolute Gasteiger partial charge is 0.332 e. The molecule has 8 heteroatoms. The predicted octanol–water partition coefficient (Wildman–Crippen LogP) is 4.91. The third-order valence-electron chi connectivity index (χ3n) is 3.51. The van der Waals surface area contributed by atoms with Crippen molar-refractivity contribution in [2.24, 2.45) is 0 Å². The molecule has 2 rings (SSSR count). The van der Waals surface area contributed by atoms with Gasteiger partial charge in [-0.2, -0.15) is 0 Å². The van der Waals surface area contributed by atoms with Gasteiger partial charge in [0.05, 0.1) is 10.6 Å². The molecular weight excluding hydrogens is 389 g/mol. The van der Waals surface area contributed by atoms with Gasteiger partial charge in [-0.15, -0.1) is 0 Å². The van der Waals surface area contributed by atoms with Crippen LogP contribution in [-0.4, -0.2) is 33.9 Å². The van der Waals surface area contributed by atoms with E-state index < -0.39 is 15.9 Å². The molecule has 22 heavy (non-hydrogen) atoms. The van der Waals surface area contributed by atoms with Gasteiger partial charge in [-0.05, 0) is 31.0 Å². The molecule has 3 nitrogen and oxygen atoms in total. The highest BCUT2D eigenvalue weighted by Gasteiger charge is 2.39. The van der Waals surface area contributed by atoms with Gasteiger partial charge in [0.1, 0.15) is 6.17 Å². The van der Waals surface area contributed by atoms with Gasteiger partial charge in [0.2, 0.25) is 3.79 Å². The Labute approximate surface area is 154 Å². The summed E-state index contributed by atoms with van der Waals surface area (Å²) in [5.41, 5.74) is 0.294. The lowest BCUT2D eigenvalue weighted by molar-refractivity contribution is 0.0819. The van der Waals surface area contributed by atoms with Crippen molar-refractivity contribution in [2.75, 3.05) is 13.1 Å². The first kappa shape index (κ1) is 18.4. The molecule has 0 bridgehead atoms. The first-order valence-electron chi connectivity index (χ1n) is 6.86. The molecule has 1 aromatic carbocycles. The first-order valence-corrected chi connectivity index (χ1v) is 8.74. The van der Waals surface area contributed by atoms with E-state index in [0.29, 0.717) is 10.6 Å². The Bertz CT molecular complexity index is 541. The third kappa shape index (κ3) is 4.80. The van der Waals surface area contributed by atoms with Crippen molar-refractivity contribution >= 4 is 63.9 Å². The number of rotatable bonds is 3. The summed E-state index contributed by atoms with van der Waals surface area (Å²) < 4.78 is -1.63. The van der Waals surface area contributed by atoms with Crippen molar-refractivity contribution in [2.45, 2.75) is 29.2 Å². The average molecular weight is 405 g/mol. The maximum absolute atomic E-state index is 12.4. The number of halogens is 5. The molecule has 122 valence electrons. The van der Waals surface area contributed by atoms with Crippen LogP contribution in [-0.2, 0) is 0 Å². The maximum atomic E-state index is 12.4. The quantitative estimate of drug-likeness (QED) is 0.727. The highest BCUT2D eigenvalue weighted by molar-refractivity contribution is 6.68. The van der Waals surface area contributed by atoms with E-state index in [-0.39, 0.29) is 5.02 Å². The zero-order valence-corrected chi connectivity index (χ0v) is 15.4. The summed E-state index contributed by atoms with van der Waals surface area (Å²) in [6.45, 7) is 1.54. The second-order valence-corrected chi connectivity index (χ2v) is 8.35. The number of likely N-dealkylation sites (tertiary alicyclic amines) is 1. The molecule has 1 fully saturated rings. The summed E-state index contributed by atoms with van der Waals surface area (Å²) in [6, 6.07) is 4.64. The fraction of sp³-hybridized carbons (Fsp3) is 0.500. The molecular formula is C14H15Cl5N2O. The molecule has 1 heterocycles. The summed E-state index contributed by atoms with van der Waals surface area (Å²) in [7, 11) is 0. The van der Waals surface area contributed by atoms with E-state index in [2.05, 4.69) is 5.32 Å². The zero-order chi connectivity index (χ0) is 16.3. The Kier molecular flexibility index (Phi) is 6.52. The van der Waals surface area contributed by atoms with Crippen molar-refractivity contribution < 1.29 is 4.79 Å². The summed E-state index contributed by atoms with van der Waals surface area (Å²) >= 11 is 30.0. The molecule has 1 aliphatic rings. The Balaban J connectivity index is 2.17. The topological polar surface area (TPSA) is 32.3 Å². The Morgan fingerprint density at radius 3 is 2.32 bits per heavy atom. The lowest BCUT2D eigenvalue weighted by Gasteiger charge is -2.38.